The maximum absolute atomic E-state index is 12.5. The summed E-state index contributed by atoms with van der Waals surface area (Å²) >= 11 is 1.96. The van der Waals surface area contributed by atoms with E-state index in [0.717, 1.165) is 30.8 Å². The average molecular weight is 346 g/mol. The van der Waals surface area contributed by atoms with Crippen LogP contribution in [0.5, 0.6) is 0 Å². The van der Waals surface area contributed by atoms with E-state index in [0.29, 0.717) is 24.9 Å². The Morgan fingerprint density at radius 1 is 1.25 bits per heavy atom. The van der Waals surface area contributed by atoms with Gasteiger partial charge in [-0.15, -0.1) is 0 Å². The van der Waals surface area contributed by atoms with Gasteiger partial charge < -0.3 is 9.80 Å². The molecule has 0 aliphatic carbocycles. The molecule has 0 spiro atoms. The van der Waals surface area contributed by atoms with Gasteiger partial charge in [-0.1, -0.05) is 30.3 Å². The Labute approximate surface area is 148 Å². The van der Waals surface area contributed by atoms with Gasteiger partial charge in [0.2, 0.25) is 11.8 Å². The second-order valence-corrected chi connectivity index (χ2v) is 8.11. The fraction of sp³-hybridized carbons (Fsp3) is 0.579. The fourth-order valence-electron chi connectivity index (χ4n) is 3.64. The molecule has 3 rings (SSSR count). The maximum atomic E-state index is 12.5. The van der Waals surface area contributed by atoms with Crippen LogP contribution in [-0.4, -0.2) is 59.3 Å². The summed E-state index contributed by atoms with van der Waals surface area (Å²) in [6, 6.07) is 10.6. The summed E-state index contributed by atoms with van der Waals surface area (Å²) in [4.78, 5) is 28.4. The van der Waals surface area contributed by atoms with Crippen molar-refractivity contribution >= 4 is 23.6 Å². The highest BCUT2D eigenvalue weighted by Crippen LogP contribution is 2.24. The van der Waals surface area contributed by atoms with Gasteiger partial charge in [-0.3, -0.25) is 9.59 Å². The molecule has 5 heteroatoms. The molecule has 2 fully saturated rings. The van der Waals surface area contributed by atoms with Gasteiger partial charge in [-0.2, -0.15) is 11.8 Å². The second-order valence-electron chi connectivity index (χ2n) is 6.88. The van der Waals surface area contributed by atoms with Crippen molar-refractivity contribution < 1.29 is 9.59 Å². The molecular weight excluding hydrogens is 320 g/mol. The van der Waals surface area contributed by atoms with E-state index in [1.807, 2.05) is 41.9 Å². The van der Waals surface area contributed by atoms with E-state index < -0.39 is 0 Å². The number of carbonyl (C=O) groups excluding carboxylic acids is 2. The molecular formula is C19H26N2O2S. The van der Waals surface area contributed by atoms with Crippen LogP contribution in [-0.2, 0) is 16.0 Å². The predicted octanol–water partition coefficient (Wildman–Crippen LogP) is 2.43. The molecule has 24 heavy (non-hydrogen) atoms. The third-order valence-electron chi connectivity index (χ3n) is 5.12. The molecule has 2 amide bonds. The highest BCUT2D eigenvalue weighted by Gasteiger charge is 2.32. The van der Waals surface area contributed by atoms with Crippen LogP contribution in [0.3, 0.4) is 0 Å². The van der Waals surface area contributed by atoms with Gasteiger partial charge in [0, 0.05) is 26.1 Å². The molecule has 0 bridgehead atoms. The van der Waals surface area contributed by atoms with E-state index >= 15 is 0 Å². The number of benzene rings is 1. The molecule has 0 aromatic heterocycles. The predicted molar refractivity (Wildman–Crippen MR) is 98.0 cm³/mol. The van der Waals surface area contributed by atoms with E-state index in [1.54, 1.807) is 4.90 Å². The highest BCUT2D eigenvalue weighted by molar-refractivity contribution is 7.99. The smallest absolute Gasteiger partial charge is 0.242 e. The summed E-state index contributed by atoms with van der Waals surface area (Å²) in [5, 5.41) is 0. The fourth-order valence-corrected chi connectivity index (χ4v) is 4.72. The van der Waals surface area contributed by atoms with Gasteiger partial charge in [0.15, 0.2) is 0 Å². The van der Waals surface area contributed by atoms with Crippen LogP contribution >= 0.6 is 11.8 Å². The summed E-state index contributed by atoms with van der Waals surface area (Å²) in [6.45, 7) is 0.943. The number of likely N-dealkylation sites (tertiary alicyclic amines) is 1. The highest BCUT2D eigenvalue weighted by atomic mass is 32.2. The number of likely N-dealkylation sites (N-methyl/N-ethyl adjacent to an activating group) is 1. The lowest BCUT2D eigenvalue weighted by Gasteiger charge is -2.32. The summed E-state index contributed by atoms with van der Waals surface area (Å²) in [7, 11) is 1.89. The van der Waals surface area contributed by atoms with Crippen LogP contribution in [0.4, 0.5) is 0 Å². The largest absolute Gasteiger partial charge is 0.341 e. The molecule has 2 aliphatic heterocycles. The summed E-state index contributed by atoms with van der Waals surface area (Å²) in [5.41, 5.74) is 1.26. The van der Waals surface area contributed by atoms with E-state index in [2.05, 4.69) is 12.1 Å². The van der Waals surface area contributed by atoms with Crippen molar-refractivity contribution in [2.24, 2.45) is 5.92 Å². The molecule has 0 N–H and O–H groups in total. The summed E-state index contributed by atoms with van der Waals surface area (Å²) in [6.07, 6.45) is 3.61. The molecule has 2 saturated heterocycles. The molecule has 4 nitrogen and oxygen atoms in total. The lowest BCUT2D eigenvalue weighted by Crippen LogP contribution is -2.45. The van der Waals surface area contributed by atoms with Gasteiger partial charge in [0.05, 0.1) is 6.54 Å². The van der Waals surface area contributed by atoms with Gasteiger partial charge in [0.25, 0.3) is 0 Å². The van der Waals surface area contributed by atoms with Crippen LogP contribution in [0.25, 0.3) is 0 Å². The van der Waals surface area contributed by atoms with Crippen LogP contribution in [0.2, 0.25) is 0 Å². The zero-order valence-electron chi connectivity index (χ0n) is 14.3. The van der Waals surface area contributed by atoms with Crippen LogP contribution < -0.4 is 0 Å². The lowest BCUT2D eigenvalue weighted by atomic mass is 9.99. The Hall–Kier alpha value is -1.49. The second kappa shape index (κ2) is 8.06. The first-order valence-corrected chi connectivity index (χ1v) is 9.94. The van der Waals surface area contributed by atoms with Gasteiger partial charge in [-0.05, 0) is 42.2 Å². The SMILES string of the molecule is CN(C(=O)CN1CC(Cc2ccccc2)CC1=O)C1CCSCC1. The van der Waals surface area contributed by atoms with Gasteiger partial charge in [-0.25, -0.2) is 0 Å². The minimum atomic E-state index is 0.0839. The number of rotatable bonds is 5. The quantitative estimate of drug-likeness (QED) is 0.822. The normalized spacial score (nSPS) is 22.0. The molecule has 1 aromatic rings. The van der Waals surface area contributed by atoms with Crippen molar-refractivity contribution in [3.05, 3.63) is 35.9 Å². The molecule has 1 unspecified atom stereocenters. The summed E-state index contributed by atoms with van der Waals surface area (Å²) < 4.78 is 0. The van der Waals surface area contributed by atoms with E-state index in [-0.39, 0.29) is 18.4 Å². The lowest BCUT2D eigenvalue weighted by molar-refractivity contribution is -0.138. The number of carbonyl (C=O) groups is 2. The van der Waals surface area contributed by atoms with Crippen molar-refractivity contribution in [3.63, 3.8) is 0 Å². The first-order chi connectivity index (χ1) is 11.6. The van der Waals surface area contributed by atoms with Crippen LogP contribution in [0.15, 0.2) is 30.3 Å². The minimum Gasteiger partial charge on any atom is -0.341 e. The average Bonchev–Trinajstić information content (AvgIpc) is 2.95. The Morgan fingerprint density at radius 3 is 2.67 bits per heavy atom. The molecule has 1 atom stereocenters. The summed E-state index contributed by atoms with van der Waals surface area (Å²) in [5.74, 6) is 2.79. The molecule has 130 valence electrons. The van der Waals surface area contributed by atoms with Gasteiger partial charge >= 0.3 is 0 Å². The number of hydrogen-bond acceptors (Lipinski definition) is 3. The molecule has 0 saturated carbocycles. The maximum Gasteiger partial charge on any atom is 0.242 e. The van der Waals surface area contributed by atoms with Crippen molar-refractivity contribution in [2.45, 2.75) is 31.7 Å². The molecule has 1 aromatic carbocycles. The third-order valence-corrected chi connectivity index (χ3v) is 6.17. The number of nitrogens with zero attached hydrogens (tertiary/aromatic N) is 2. The number of thioether (sulfide) groups is 1. The third kappa shape index (κ3) is 4.32. The van der Waals surface area contributed by atoms with Crippen molar-refractivity contribution in [3.8, 4) is 0 Å². The Morgan fingerprint density at radius 2 is 1.96 bits per heavy atom. The topological polar surface area (TPSA) is 40.6 Å². The van der Waals surface area contributed by atoms with Gasteiger partial charge in [0.1, 0.15) is 0 Å². The molecule has 2 heterocycles. The molecule has 0 radical (unpaired) electrons. The number of hydrogen-bond donors (Lipinski definition) is 0. The Bertz CT molecular complexity index is 572. The standard InChI is InChI=1S/C19H26N2O2S/c1-20(17-7-9-24-10-8-17)19(23)14-21-13-16(12-18(21)22)11-15-5-3-2-4-6-15/h2-6,16-17H,7-14H2,1H3. The minimum absolute atomic E-state index is 0.0839. The van der Waals surface area contributed by atoms with E-state index in [1.165, 1.54) is 5.56 Å². The van der Waals surface area contributed by atoms with Crippen LogP contribution in [0, 0.1) is 5.92 Å². The van der Waals surface area contributed by atoms with E-state index in [9.17, 15) is 9.59 Å². The number of amides is 2. The zero-order chi connectivity index (χ0) is 16.9. The monoisotopic (exact) mass is 346 g/mol. The van der Waals surface area contributed by atoms with Crippen molar-refractivity contribution in [2.75, 3.05) is 31.6 Å². The van der Waals surface area contributed by atoms with Crippen LogP contribution in [0.1, 0.15) is 24.8 Å². The zero-order valence-corrected chi connectivity index (χ0v) is 15.1. The Balaban J connectivity index is 1.51. The van der Waals surface area contributed by atoms with E-state index in [4.69, 9.17) is 0 Å². The molecule has 2 aliphatic rings. The van der Waals surface area contributed by atoms with Crippen molar-refractivity contribution in [1.82, 2.24) is 9.80 Å². The van der Waals surface area contributed by atoms with Crippen molar-refractivity contribution in [1.29, 1.82) is 0 Å². The Kier molecular flexibility index (Phi) is 5.82. The first-order valence-electron chi connectivity index (χ1n) is 8.78. The first kappa shape index (κ1) is 17.3.